The molecule has 1 aromatic rings. The zero-order chi connectivity index (χ0) is 10.6. The molecular formula is C12H18N2. The quantitative estimate of drug-likeness (QED) is 0.737. The van der Waals surface area contributed by atoms with Crippen molar-refractivity contribution in [3.8, 4) is 0 Å². The second-order valence-electron chi connectivity index (χ2n) is 3.57. The zero-order valence-corrected chi connectivity index (χ0v) is 9.17. The fraction of sp³-hybridized carbons (Fsp3) is 0.417. The van der Waals surface area contributed by atoms with Gasteiger partial charge in [-0.1, -0.05) is 13.0 Å². The first-order chi connectivity index (χ1) is 6.70. The molecule has 0 spiro atoms. The van der Waals surface area contributed by atoms with E-state index in [4.69, 9.17) is 0 Å². The second kappa shape index (κ2) is 4.91. The number of nitrogens with one attached hydrogen (secondary N) is 1. The molecule has 1 heterocycles. The highest BCUT2D eigenvalue weighted by Crippen LogP contribution is 2.21. The molecule has 0 saturated carbocycles. The molecule has 0 aliphatic heterocycles. The summed E-state index contributed by atoms with van der Waals surface area (Å²) in [6.45, 7) is 8.96. The highest BCUT2D eigenvalue weighted by molar-refractivity contribution is 5.34. The maximum Gasteiger partial charge on any atom is 0.0315 e. The van der Waals surface area contributed by atoms with Crippen molar-refractivity contribution in [2.45, 2.75) is 26.3 Å². The van der Waals surface area contributed by atoms with E-state index in [1.165, 1.54) is 16.7 Å². The van der Waals surface area contributed by atoms with Gasteiger partial charge in [-0.2, -0.15) is 0 Å². The van der Waals surface area contributed by atoms with Crippen molar-refractivity contribution in [1.29, 1.82) is 0 Å². The average molecular weight is 190 g/mol. The van der Waals surface area contributed by atoms with Gasteiger partial charge in [-0.15, -0.1) is 6.58 Å². The number of allylic oxidation sites excluding steroid dienone is 1. The van der Waals surface area contributed by atoms with E-state index in [0.717, 1.165) is 6.54 Å². The Morgan fingerprint density at radius 2 is 2.29 bits per heavy atom. The molecule has 0 aromatic carbocycles. The van der Waals surface area contributed by atoms with Crippen LogP contribution in [0.2, 0.25) is 0 Å². The van der Waals surface area contributed by atoms with Gasteiger partial charge in [0.15, 0.2) is 0 Å². The Hall–Kier alpha value is -1.15. The van der Waals surface area contributed by atoms with E-state index in [2.05, 4.69) is 30.7 Å². The number of nitrogens with zero attached hydrogens (tertiary/aromatic N) is 1. The van der Waals surface area contributed by atoms with Gasteiger partial charge in [0.05, 0.1) is 0 Å². The minimum absolute atomic E-state index is 0.374. The first-order valence-electron chi connectivity index (χ1n) is 4.91. The summed E-state index contributed by atoms with van der Waals surface area (Å²) in [5.41, 5.74) is 3.85. The number of aromatic nitrogens is 1. The molecule has 2 nitrogen and oxygen atoms in total. The van der Waals surface area contributed by atoms with Crippen molar-refractivity contribution < 1.29 is 0 Å². The van der Waals surface area contributed by atoms with Crippen LogP contribution in [0.25, 0.3) is 0 Å². The van der Waals surface area contributed by atoms with Crippen LogP contribution in [0.3, 0.4) is 0 Å². The minimum atomic E-state index is 0.374. The van der Waals surface area contributed by atoms with E-state index in [1.807, 2.05) is 25.5 Å². The molecule has 0 fully saturated rings. The van der Waals surface area contributed by atoms with Gasteiger partial charge >= 0.3 is 0 Å². The summed E-state index contributed by atoms with van der Waals surface area (Å²) in [7, 11) is 1.95. The third kappa shape index (κ3) is 2.20. The van der Waals surface area contributed by atoms with E-state index >= 15 is 0 Å². The summed E-state index contributed by atoms with van der Waals surface area (Å²) in [5, 5.41) is 3.14. The monoisotopic (exact) mass is 190 g/mol. The van der Waals surface area contributed by atoms with Crippen LogP contribution < -0.4 is 5.32 Å². The molecule has 1 atom stereocenters. The number of pyridine rings is 1. The van der Waals surface area contributed by atoms with Gasteiger partial charge in [0.2, 0.25) is 0 Å². The minimum Gasteiger partial charge on any atom is -0.316 e. The molecule has 0 amide bonds. The van der Waals surface area contributed by atoms with Crippen LogP contribution >= 0.6 is 0 Å². The summed E-state index contributed by atoms with van der Waals surface area (Å²) in [5.74, 6) is 0.374. The molecule has 0 aliphatic carbocycles. The van der Waals surface area contributed by atoms with Gasteiger partial charge < -0.3 is 5.32 Å². The first kappa shape index (κ1) is 10.9. The van der Waals surface area contributed by atoms with Crippen molar-refractivity contribution in [3.63, 3.8) is 0 Å². The Kier molecular flexibility index (Phi) is 3.84. The Morgan fingerprint density at radius 1 is 1.57 bits per heavy atom. The highest BCUT2D eigenvalue weighted by Gasteiger charge is 2.08. The number of hydrogen-bond donors (Lipinski definition) is 1. The zero-order valence-electron chi connectivity index (χ0n) is 9.17. The predicted octanol–water partition coefficient (Wildman–Crippen LogP) is 2.40. The van der Waals surface area contributed by atoms with Gasteiger partial charge in [-0.25, -0.2) is 0 Å². The summed E-state index contributed by atoms with van der Waals surface area (Å²) < 4.78 is 0. The van der Waals surface area contributed by atoms with Gasteiger partial charge in [0, 0.05) is 24.9 Å². The van der Waals surface area contributed by atoms with E-state index in [0.29, 0.717) is 5.92 Å². The fourth-order valence-corrected chi connectivity index (χ4v) is 1.54. The molecule has 76 valence electrons. The largest absolute Gasteiger partial charge is 0.316 e. The van der Waals surface area contributed by atoms with Gasteiger partial charge in [-0.3, -0.25) is 4.98 Å². The molecule has 1 rings (SSSR count). The van der Waals surface area contributed by atoms with Crippen LogP contribution in [0.1, 0.15) is 29.5 Å². The van der Waals surface area contributed by atoms with E-state index in [-0.39, 0.29) is 0 Å². The predicted molar refractivity (Wildman–Crippen MR) is 60.3 cm³/mol. The summed E-state index contributed by atoms with van der Waals surface area (Å²) in [4.78, 5) is 4.25. The second-order valence-corrected chi connectivity index (χ2v) is 3.57. The molecule has 2 heteroatoms. The Balaban J connectivity index is 3.06. The van der Waals surface area contributed by atoms with Crippen LogP contribution in [-0.4, -0.2) is 12.0 Å². The first-order valence-corrected chi connectivity index (χ1v) is 4.91. The van der Waals surface area contributed by atoms with E-state index in [9.17, 15) is 0 Å². The molecule has 0 aliphatic rings. The standard InChI is InChI=1S/C12H18N2/c1-5-9(2)12-8-14-7-11(6-13-4)10(12)3/h5,7-9,13H,1,6H2,2-4H3/t9-/m0/s1. The Labute approximate surface area is 86.1 Å². The van der Waals surface area contributed by atoms with Crippen molar-refractivity contribution in [2.24, 2.45) is 0 Å². The molecule has 1 aromatic heterocycles. The summed E-state index contributed by atoms with van der Waals surface area (Å²) in [6, 6.07) is 0. The van der Waals surface area contributed by atoms with Crippen LogP contribution in [-0.2, 0) is 6.54 Å². The highest BCUT2D eigenvalue weighted by atomic mass is 14.8. The van der Waals surface area contributed by atoms with E-state index < -0.39 is 0 Å². The van der Waals surface area contributed by atoms with Crippen LogP contribution in [0.4, 0.5) is 0 Å². The third-order valence-corrected chi connectivity index (χ3v) is 2.57. The molecule has 0 bridgehead atoms. The molecule has 0 saturated heterocycles. The lowest BCUT2D eigenvalue weighted by Crippen LogP contribution is -2.09. The smallest absolute Gasteiger partial charge is 0.0315 e. The average Bonchev–Trinajstić information content (AvgIpc) is 2.20. The fourth-order valence-electron chi connectivity index (χ4n) is 1.54. The van der Waals surface area contributed by atoms with Crippen molar-refractivity contribution >= 4 is 0 Å². The lowest BCUT2D eigenvalue weighted by Gasteiger charge is -2.13. The van der Waals surface area contributed by atoms with Crippen molar-refractivity contribution in [2.75, 3.05) is 7.05 Å². The van der Waals surface area contributed by atoms with Crippen LogP contribution in [0.5, 0.6) is 0 Å². The Bertz CT molecular complexity index is 318. The SMILES string of the molecule is C=C[C@H](C)c1cncc(CNC)c1C. The number of hydrogen-bond acceptors (Lipinski definition) is 2. The normalized spacial score (nSPS) is 12.5. The topological polar surface area (TPSA) is 24.9 Å². The van der Waals surface area contributed by atoms with Crippen LogP contribution in [0, 0.1) is 6.92 Å². The lowest BCUT2D eigenvalue weighted by molar-refractivity contribution is 0.798. The van der Waals surface area contributed by atoms with Gasteiger partial charge in [0.1, 0.15) is 0 Å². The molecule has 0 radical (unpaired) electrons. The van der Waals surface area contributed by atoms with Crippen LogP contribution in [0.15, 0.2) is 25.0 Å². The summed E-state index contributed by atoms with van der Waals surface area (Å²) in [6.07, 6.45) is 5.80. The molecule has 14 heavy (non-hydrogen) atoms. The van der Waals surface area contributed by atoms with Crippen molar-refractivity contribution in [1.82, 2.24) is 10.3 Å². The third-order valence-electron chi connectivity index (χ3n) is 2.57. The molecular weight excluding hydrogens is 172 g/mol. The van der Waals surface area contributed by atoms with Gasteiger partial charge in [-0.05, 0) is 30.7 Å². The lowest BCUT2D eigenvalue weighted by atomic mass is 9.96. The number of rotatable bonds is 4. The molecule has 1 N–H and O–H groups in total. The van der Waals surface area contributed by atoms with Crippen molar-refractivity contribution in [3.05, 3.63) is 41.7 Å². The Morgan fingerprint density at radius 3 is 2.86 bits per heavy atom. The maximum absolute atomic E-state index is 4.25. The van der Waals surface area contributed by atoms with Gasteiger partial charge in [0.25, 0.3) is 0 Å². The summed E-state index contributed by atoms with van der Waals surface area (Å²) >= 11 is 0. The maximum atomic E-state index is 4.25. The van der Waals surface area contributed by atoms with E-state index in [1.54, 1.807) is 0 Å². The molecule has 0 unspecified atom stereocenters.